The molecule has 0 spiro atoms. The Morgan fingerprint density at radius 1 is 1.62 bits per heavy atom. The quantitative estimate of drug-likeness (QED) is 0.734. The van der Waals surface area contributed by atoms with Crippen LogP contribution in [0.25, 0.3) is 0 Å². The number of aromatic nitrogens is 2. The molecule has 2 atom stereocenters. The lowest BCUT2D eigenvalue weighted by molar-refractivity contribution is 0.106. The minimum Gasteiger partial charge on any atom is -0.353 e. The zero-order valence-corrected chi connectivity index (χ0v) is 15.8. The normalized spacial score (nSPS) is 18.8. The molecule has 0 saturated carbocycles. The van der Waals surface area contributed by atoms with Crippen LogP contribution >= 0.6 is 34.7 Å². The van der Waals surface area contributed by atoms with E-state index in [9.17, 15) is 13.2 Å². The number of H-pyrrole nitrogens is 1. The number of likely N-dealkylation sites (N-methyl/N-ethyl adjacent to an activating group) is 1. The van der Waals surface area contributed by atoms with E-state index in [1.165, 1.54) is 36.2 Å². The lowest BCUT2D eigenvalue weighted by Crippen LogP contribution is -2.38. The topological polar surface area (TPSA) is 109 Å². The van der Waals surface area contributed by atoms with E-state index in [-0.39, 0.29) is 17.6 Å². The Bertz CT molecular complexity index is 850. The number of hydrogen-bond donors (Lipinski definition) is 2. The second-order valence-corrected chi connectivity index (χ2v) is 9.75. The van der Waals surface area contributed by atoms with E-state index < -0.39 is 21.2 Å². The summed E-state index contributed by atoms with van der Waals surface area (Å²) in [6.07, 6.45) is 1.60. The van der Waals surface area contributed by atoms with Crippen LogP contribution in [0.1, 0.15) is 32.6 Å². The van der Waals surface area contributed by atoms with E-state index >= 15 is 0 Å². The summed E-state index contributed by atoms with van der Waals surface area (Å²) in [7, 11) is -2.85. The van der Waals surface area contributed by atoms with Gasteiger partial charge >= 0.3 is 5.12 Å². The van der Waals surface area contributed by atoms with E-state index in [0.29, 0.717) is 16.5 Å². The summed E-state index contributed by atoms with van der Waals surface area (Å²) in [5.41, 5.74) is 6.67. The third-order valence-corrected chi connectivity index (χ3v) is 7.87. The molecule has 3 N–H and O–H groups in total. The van der Waals surface area contributed by atoms with Gasteiger partial charge in [-0.15, -0.1) is 34.7 Å². The summed E-state index contributed by atoms with van der Waals surface area (Å²) in [6, 6.07) is 0.950. The number of rotatable bonds is 5. The third kappa shape index (κ3) is 3.26. The maximum atomic E-state index is 12.5. The standard InChI is InChI=1S/C13H15ClN4O3S3/c1-18(5-8(15)12-16-2-3-22-12)24(20,21)13(19)9-4-10-11(17-9)7(14)6-23-10/h2-4,7-8,17H,5-6,15H2,1H3. The van der Waals surface area contributed by atoms with Crippen molar-refractivity contribution in [2.75, 3.05) is 19.3 Å². The molecule has 2 aromatic heterocycles. The van der Waals surface area contributed by atoms with Crippen LogP contribution in [0, 0.1) is 0 Å². The van der Waals surface area contributed by atoms with E-state index in [1.54, 1.807) is 11.6 Å². The number of fused-ring (bicyclic) bond motifs is 1. The molecule has 0 aromatic carbocycles. The molecule has 3 heterocycles. The number of sulfonamides is 1. The molecule has 1 aliphatic rings. The van der Waals surface area contributed by atoms with Gasteiger partial charge < -0.3 is 10.7 Å². The molecule has 0 saturated heterocycles. The lowest BCUT2D eigenvalue weighted by atomic mass is 10.3. The number of carbonyl (C=O) groups excluding carboxylic acids is 1. The van der Waals surface area contributed by atoms with Gasteiger partial charge in [0.25, 0.3) is 10.0 Å². The largest absolute Gasteiger partial charge is 0.353 e. The van der Waals surface area contributed by atoms with Crippen molar-refractivity contribution in [3.8, 4) is 0 Å². The van der Waals surface area contributed by atoms with Crippen molar-refractivity contribution in [2.45, 2.75) is 16.3 Å². The average molecular weight is 407 g/mol. The highest BCUT2D eigenvalue weighted by Gasteiger charge is 2.34. The van der Waals surface area contributed by atoms with Crippen molar-refractivity contribution in [3.63, 3.8) is 0 Å². The number of halogens is 1. The number of aromatic amines is 1. The SMILES string of the molecule is CN(CC(N)c1nccs1)S(=O)(=O)C(=O)c1cc2c([nH]1)C(Cl)CS2. The van der Waals surface area contributed by atoms with E-state index in [0.717, 1.165) is 9.20 Å². The first-order valence-corrected chi connectivity index (χ1v) is 10.7. The van der Waals surface area contributed by atoms with Gasteiger partial charge in [0.2, 0.25) is 0 Å². The molecular formula is C13H15ClN4O3S3. The van der Waals surface area contributed by atoms with Crippen LogP contribution in [0.15, 0.2) is 22.5 Å². The van der Waals surface area contributed by atoms with Crippen LogP contribution in [-0.4, -0.2) is 47.2 Å². The van der Waals surface area contributed by atoms with E-state index in [2.05, 4.69) is 9.97 Å². The van der Waals surface area contributed by atoms with Crippen LogP contribution in [0.5, 0.6) is 0 Å². The van der Waals surface area contributed by atoms with Gasteiger partial charge in [0.05, 0.1) is 11.4 Å². The number of carbonyl (C=O) groups is 1. The number of nitrogens with two attached hydrogens (primary N) is 1. The number of thiazole rings is 1. The molecule has 2 aromatic rings. The highest BCUT2D eigenvalue weighted by Crippen LogP contribution is 2.42. The van der Waals surface area contributed by atoms with Crippen LogP contribution in [0.4, 0.5) is 0 Å². The third-order valence-electron chi connectivity index (χ3n) is 3.60. The van der Waals surface area contributed by atoms with Crippen LogP contribution in [-0.2, 0) is 10.0 Å². The second-order valence-electron chi connectivity index (χ2n) is 5.29. The molecule has 0 radical (unpaired) electrons. The fraction of sp³-hybridized carbons (Fsp3) is 0.385. The van der Waals surface area contributed by atoms with Crippen molar-refractivity contribution in [2.24, 2.45) is 5.73 Å². The van der Waals surface area contributed by atoms with Crippen LogP contribution < -0.4 is 5.73 Å². The molecule has 0 amide bonds. The smallest absolute Gasteiger partial charge is 0.307 e. The fourth-order valence-corrected chi connectivity index (χ4v) is 5.44. The Morgan fingerprint density at radius 3 is 3.00 bits per heavy atom. The first-order valence-electron chi connectivity index (χ1n) is 6.96. The summed E-state index contributed by atoms with van der Waals surface area (Å²) >= 11 is 8.95. The lowest BCUT2D eigenvalue weighted by Gasteiger charge is -2.18. The highest BCUT2D eigenvalue weighted by molar-refractivity contribution is 8.04. The summed E-state index contributed by atoms with van der Waals surface area (Å²) in [5, 5.41) is 1.14. The maximum Gasteiger partial charge on any atom is 0.307 e. The molecule has 24 heavy (non-hydrogen) atoms. The molecule has 130 valence electrons. The van der Waals surface area contributed by atoms with Gasteiger partial charge in [-0.1, -0.05) is 0 Å². The van der Waals surface area contributed by atoms with Gasteiger partial charge in [-0.2, -0.15) is 4.31 Å². The fourth-order valence-electron chi connectivity index (χ4n) is 2.31. The zero-order chi connectivity index (χ0) is 17.5. The number of thioether (sulfide) groups is 1. The van der Waals surface area contributed by atoms with Crippen molar-refractivity contribution in [1.82, 2.24) is 14.3 Å². The summed E-state index contributed by atoms with van der Waals surface area (Å²) < 4.78 is 25.9. The van der Waals surface area contributed by atoms with Gasteiger partial charge in [-0.3, -0.25) is 4.79 Å². The Hall–Kier alpha value is -0.910. The number of hydrogen-bond acceptors (Lipinski definition) is 7. The van der Waals surface area contributed by atoms with Crippen molar-refractivity contribution in [1.29, 1.82) is 0 Å². The van der Waals surface area contributed by atoms with Crippen molar-refractivity contribution >= 4 is 49.8 Å². The maximum absolute atomic E-state index is 12.5. The van der Waals surface area contributed by atoms with Gasteiger partial charge in [-0.25, -0.2) is 13.4 Å². The summed E-state index contributed by atoms with van der Waals surface area (Å²) in [4.78, 5) is 20.1. The monoisotopic (exact) mass is 406 g/mol. The molecule has 2 unspecified atom stereocenters. The van der Waals surface area contributed by atoms with Gasteiger partial charge in [0.1, 0.15) is 10.7 Å². The first kappa shape index (κ1) is 17.9. The molecule has 7 nitrogen and oxygen atoms in total. The Balaban J connectivity index is 1.77. The van der Waals surface area contributed by atoms with Crippen molar-refractivity contribution < 1.29 is 13.2 Å². The van der Waals surface area contributed by atoms with Gasteiger partial charge in [-0.05, 0) is 6.07 Å². The molecule has 3 rings (SSSR count). The predicted molar refractivity (Wildman–Crippen MR) is 95.0 cm³/mol. The molecule has 1 aliphatic heterocycles. The molecule has 0 fully saturated rings. The summed E-state index contributed by atoms with van der Waals surface area (Å²) in [5.74, 6) is 0.701. The van der Waals surface area contributed by atoms with Gasteiger partial charge in [0, 0.05) is 41.5 Å². The number of alkyl halides is 1. The highest BCUT2D eigenvalue weighted by atomic mass is 35.5. The van der Waals surface area contributed by atoms with Crippen LogP contribution in [0.3, 0.4) is 0 Å². The van der Waals surface area contributed by atoms with Gasteiger partial charge in [0.15, 0.2) is 0 Å². The molecule has 0 bridgehead atoms. The second kappa shape index (κ2) is 6.77. The number of nitrogens with zero attached hydrogens (tertiary/aromatic N) is 2. The van der Waals surface area contributed by atoms with E-state index in [1.807, 2.05) is 0 Å². The average Bonchev–Trinajstić information content (AvgIpc) is 3.25. The Labute approximate surface area is 152 Å². The van der Waals surface area contributed by atoms with Crippen LogP contribution in [0.2, 0.25) is 0 Å². The number of nitrogens with one attached hydrogen (secondary N) is 1. The molecule has 11 heteroatoms. The minimum atomic E-state index is -4.18. The first-order chi connectivity index (χ1) is 11.3. The van der Waals surface area contributed by atoms with E-state index in [4.69, 9.17) is 17.3 Å². The minimum absolute atomic E-state index is 0.0209. The molecule has 0 aliphatic carbocycles. The van der Waals surface area contributed by atoms with Crippen molar-refractivity contribution in [3.05, 3.63) is 34.0 Å². The summed E-state index contributed by atoms with van der Waals surface area (Å²) in [6.45, 7) is -0.0328. The zero-order valence-electron chi connectivity index (χ0n) is 12.6. The predicted octanol–water partition coefficient (Wildman–Crippen LogP) is 1.96. The molecular weight excluding hydrogens is 392 g/mol. The Morgan fingerprint density at radius 2 is 2.38 bits per heavy atom. The Kier molecular flexibility index (Phi) is 5.05.